The molecule has 2 amide bonds. The predicted octanol–water partition coefficient (Wildman–Crippen LogP) is 4.10. The number of carbonyl (C=O) groups excluding carboxylic acids is 2. The first-order valence-electron chi connectivity index (χ1n) is 10.9. The number of nitrogens with one attached hydrogen (secondary N) is 1. The Kier molecular flexibility index (Phi) is 7.89. The standard InChI is InChI=1S/C25H32N2O3/c1-3-23(25(29)26-21-11-7-8-12-21)27(18-20-9-5-4-6-10-20)24(28)17-19-13-15-22(30-2)16-14-19/h4-6,9-10,13-16,21,23H,3,7-8,11-12,17-18H2,1-2H3,(H,26,29)/t23-/m0/s1. The molecule has 1 aliphatic carbocycles. The minimum Gasteiger partial charge on any atom is -0.497 e. The molecule has 3 rings (SSSR count). The second-order valence-electron chi connectivity index (χ2n) is 7.95. The molecule has 2 aromatic carbocycles. The number of hydrogen-bond acceptors (Lipinski definition) is 3. The highest BCUT2D eigenvalue weighted by Crippen LogP contribution is 2.20. The number of methoxy groups -OCH3 is 1. The van der Waals surface area contributed by atoms with Crippen LogP contribution in [0.5, 0.6) is 5.75 Å². The summed E-state index contributed by atoms with van der Waals surface area (Å²) in [4.78, 5) is 28.1. The smallest absolute Gasteiger partial charge is 0.243 e. The predicted molar refractivity (Wildman–Crippen MR) is 118 cm³/mol. The lowest BCUT2D eigenvalue weighted by molar-refractivity contribution is -0.141. The van der Waals surface area contributed by atoms with Crippen LogP contribution in [-0.2, 0) is 22.6 Å². The molecule has 1 atom stereocenters. The van der Waals surface area contributed by atoms with Gasteiger partial charge >= 0.3 is 0 Å². The second kappa shape index (κ2) is 10.8. The van der Waals surface area contributed by atoms with E-state index in [1.165, 1.54) is 0 Å². The van der Waals surface area contributed by atoms with Crippen molar-refractivity contribution >= 4 is 11.8 Å². The van der Waals surface area contributed by atoms with Crippen molar-refractivity contribution in [2.75, 3.05) is 7.11 Å². The van der Waals surface area contributed by atoms with E-state index < -0.39 is 6.04 Å². The molecule has 0 bridgehead atoms. The van der Waals surface area contributed by atoms with E-state index in [-0.39, 0.29) is 24.3 Å². The minimum atomic E-state index is -0.475. The maximum Gasteiger partial charge on any atom is 0.243 e. The molecule has 2 aromatic rings. The van der Waals surface area contributed by atoms with Crippen molar-refractivity contribution < 1.29 is 14.3 Å². The van der Waals surface area contributed by atoms with E-state index in [1.54, 1.807) is 12.0 Å². The molecule has 0 radical (unpaired) electrons. The Labute approximate surface area is 179 Å². The molecule has 0 aliphatic heterocycles. The van der Waals surface area contributed by atoms with E-state index >= 15 is 0 Å². The van der Waals surface area contributed by atoms with Crippen LogP contribution in [0.15, 0.2) is 54.6 Å². The molecule has 0 aromatic heterocycles. The Morgan fingerprint density at radius 3 is 2.30 bits per heavy atom. The van der Waals surface area contributed by atoms with Crippen molar-refractivity contribution in [1.82, 2.24) is 10.2 Å². The summed E-state index contributed by atoms with van der Waals surface area (Å²) in [5.41, 5.74) is 1.93. The molecule has 1 N–H and O–H groups in total. The second-order valence-corrected chi connectivity index (χ2v) is 7.95. The zero-order chi connectivity index (χ0) is 21.3. The van der Waals surface area contributed by atoms with Gasteiger partial charge in [-0.2, -0.15) is 0 Å². The number of nitrogens with zero attached hydrogens (tertiary/aromatic N) is 1. The molecule has 5 nitrogen and oxygen atoms in total. The quantitative estimate of drug-likeness (QED) is 0.679. The summed E-state index contributed by atoms with van der Waals surface area (Å²) in [5, 5.41) is 3.18. The van der Waals surface area contributed by atoms with Crippen molar-refractivity contribution in [3.05, 3.63) is 65.7 Å². The van der Waals surface area contributed by atoms with E-state index in [4.69, 9.17) is 4.74 Å². The van der Waals surface area contributed by atoms with Crippen molar-refractivity contribution in [3.63, 3.8) is 0 Å². The van der Waals surface area contributed by atoms with E-state index in [1.807, 2.05) is 61.5 Å². The van der Waals surface area contributed by atoms with Crippen molar-refractivity contribution in [2.24, 2.45) is 0 Å². The number of rotatable bonds is 9. The van der Waals surface area contributed by atoms with Crippen LogP contribution < -0.4 is 10.1 Å². The van der Waals surface area contributed by atoms with Gasteiger partial charge in [0.25, 0.3) is 0 Å². The van der Waals surface area contributed by atoms with Gasteiger partial charge in [-0.25, -0.2) is 0 Å². The Morgan fingerprint density at radius 2 is 1.70 bits per heavy atom. The number of carbonyl (C=O) groups is 2. The molecule has 1 saturated carbocycles. The van der Waals surface area contributed by atoms with Gasteiger partial charge in [0.05, 0.1) is 13.5 Å². The SMILES string of the molecule is CC[C@@H](C(=O)NC1CCCC1)N(Cc1ccccc1)C(=O)Cc1ccc(OC)cc1. The van der Waals surface area contributed by atoms with Gasteiger partial charge in [0.15, 0.2) is 0 Å². The lowest BCUT2D eigenvalue weighted by Crippen LogP contribution is -2.51. The molecule has 0 spiro atoms. The molecule has 0 heterocycles. The topological polar surface area (TPSA) is 58.6 Å². The zero-order valence-corrected chi connectivity index (χ0v) is 18.0. The van der Waals surface area contributed by atoms with Gasteiger partial charge in [-0.3, -0.25) is 9.59 Å². The van der Waals surface area contributed by atoms with Gasteiger partial charge in [0, 0.05) is 12.6 Å². The number of benzene rings is 2. The summed E-state index contributed by atoms with van der Waals surface area (Å²) in [6.45, 7) is 2.39. The number of hydrogen-bond donors (Lipinski definition) is 1. The monoisotopic (exact) mass is 408 g/mol. The normalized spacial score (nSPS) is 14.9. The van der Waals surface area contributed by atoms with Crippen molar-refractivity contribution in [3.8, 4) is 5.75 Å². The molecule has 30 heavy (non-hydrogen) atoms. The molecule has 0 unspecified atom stereocenters. The lowest BCUT2D eigenvalue weighted by Gasteiger charge is -2.31. The first kappa shape index (κ1) is 21.9. The van der Waals surface area contributed by atoms with Crippen LogP contribution >= 0.6 is 0 Å². The van der Waals surface area contributed by atoms with Crippen molar-refractivity contribution in [1.29, 1.82) is 0 Å². The van der Waals surface area contributed by atoms with Crippen LogP contribution in [0.2, 0.25) is 0 Å². The van der Waals surface area contributed by atoms with Crippen LogP contribution in [0.25, 0.3) is 0 Å². The molecule has 1 aliphatic rings. The van der Waals surface area contributed by atoms with Gasteiger partial charge in [-0.15, -0.1) is 0 Å². The van der Waals surface area contributed by atoms with Crippen LogP contribution in [-0.4, -0.2) is 35.9 Å². The van der Waals surface area contributed by atoms with Crippen LogP contribution in [0.4, 0.5) is 0 Å². The van der Waals surface area contributed by atoms with Gasteiger partial charge in [0.2, 0.25) is 11.8 Å². The highest BCUT2D eigenvalue weighted by atomic mass is 16.5. The first-order chi connectivity index (χ1) is 14.6. The average molecular weight is 409 g/mol. The summed E-state index contributed by atoms with van der Waals surface area (Å²) >= 11 is 0. The maximum absolute atomic E-state index is 13.3. The molecular weight excluding hydrogens is 376 g/mol. The van der Waals surface area contributed by atoms with E-state index in [0.717, 1.165) is 42.6 Å². The molecule has 160 valence electrons. The zero-order valence-electron chi connectivity index (χ0n) is 18.0. The first-order valence-corrected chi connectivity index (χ1v) is 10.9. The average Bonchev–Trinajstić information content (AvgIpc) is 3.28. The summed E-state index contributed by atoms with van der Waals surface area (Å²) in [7, 11) is 1.62. The molecule has 0 saturated heterocycles. The Morgan fingerprint density at radius 1 is 1.03 bits per heavy atom. The Bertz CT molecular complexity index is 814. The number of amides is 2. The maximum atomic E-state index is 13.3. The van der Waals surface area contributed by atoms with E-state index in [2.05, 4.69) is 5.32 Å². The largest absolute Gasteiger partial charge is 0.497 e. The van der Waals surface area contributed by atoms with Crippen LogP contribution in [0.1, 0.15) is 50.2 Å². The fourth-order valence-electron chi connectivity index (χ4n) is 4.09. The molecular formula is C25H32N2O3. The highest BCUT2D eigenvalue weighted by molar-refractivity contribution is 5.88. The highest BCUT2D eigenvalue weighted by Gasteiger charge is 2.30. The van der Waals surface area contributed by atoms with Crippen LogP contribution in [0, 0.1) is 0 Å². The van der Waals surface area contributed by atoms with Gasteiger partial charge in [-0.1, -0.05) is 62.2 Å². The third kappa shape index (κ3) is 5.85. The Balaban J connectivity index is 1.78. The van der Waals surface area contributed by atoms with Crippen molar-refractivity contribution in [2.45, 2.75) is 64.1 Å². The summed E-state index contributed by atoms with van der Waals surface area (Å²) in [6.07, 6.45) is 5.21. The lowest BCUT2D eigenvalue weighted by atomic mass is 10.1. The third-order valence-electron chi connectivity index (χ3n) is 5.80. The summed E-state index contributed by atoms with van der Waals surface area (Å²) < 4.78 is 5.20. The van der Waals surface area contributed by atoms with Crippen LogP contribution in [0.3, 0.4) is 0 Å². The Hall–Kier alpha value is -2.82. The minimum absolute atomic E-state index is 0.0385. The van der Waals surface area contributed by atoms with Gasteiger partial charge in [-0.05, 0) is 42.5 Å². The number of ether oxygens (including phenoxy) is 1. The van der Waals surface area contributed by atoms with Gasteiger partial charge < -0.3 is 15.0 Å². The fourth-order valence-corrected chi connectivity index (χ4v) is 4.09. The third-order valence-corrected chi connectivity index (χ3v) is 5.80. The van der Waals surface area contributed by atoms with Gasteiger partial charge in [0.1, 0.15) is 11.8 Å². The van der Waals surface area contributed by atoms with E-state index in [0.29, 0.717) is 13.0 Å². The van der Waals surface area contributed by atoms with E-state index in [9.17, 15) is 9.59 Å². The summed E-state index contributed by atoms with van der Waals surface area (Å²) in [5.74, 6) is 0.676. The fraction of sp³-hybridized carbons (Fsp3) is 0.440. The molecule has 5 heteroatoms. The summed E-state index contributed by atoms with van der Waals surface area (Å²) in [6, 6.07) is 17.1. The molecule has 1 fully saturated rings.